The quantitative estimate of drug-likeness (QED) is 0.599. The SMILES string of the molecule is CCCCCCC(C)OC(CN)C(C)C. The smallest absolute Gasteiger partial charge is 0.0723 e. The van der Waals surface area contributed by atoms with Gasteiger partial charge in [0.2, 0.25) is 0 Å². The van der Waals surface area contributed by atoms with Crippen molar-refractivity contribution in [1.29, 1.82) is 0 Å². The Hall–Kier alpha value is -0.0800. The molecule has 0 aliphatic rings. The molecule has 0 saturated carbocycles. The molecule has 2 heteroatoms. The van der Waals surface area contributed by atoms with Crippen molar-refractivity contribution in [2.45, 2.75) is 72.0 Å². The van der Waals surface area contributed by atoms with Gasteiger partial charge in [0, 0.05) is 6.54 Å². The molecule has 0 radical (unpaired) electrons. The van der Waals surface area contributed by atoms with E-state index in [1.165, 1.54) is 32.1 Å². The normalized spacial score (nSPS) is 15.6. The molecule has 0 bridgehead atoms. The van der Waals surface area contributed by atoms with E-state index in [-0.39, 0.29) is 6.10 Å². The number of unbranched alkanes of at least 4 members (excludes halogenated alkanes) is 3. The summed E-state index contributed by atoms with van der Waals surface area (Å²) in [5.41, 5.74) is 5.67. The summed E-state index contributed by atoms with van der Waals surface area (Å²) in [6.07, 6.45) is 7.01. The molecule has 0 aromatic carbocycles. The van der Waals surface area contributed by atoms with Gasteiger partial charge in [-0.1, -0.05) is 46.5 Å². The number of ether oxygens (including phenoxy) is 1. The van der Waals surface area contributed by atoms with Crippen molar-refractivity contribution < 1.29 is 4.74 Å². The van der Waals surface area contributed by atoms with E-state index in [1.54, 1.807) is 0 Å². The Morgan fingerprint density at radius 1 is 1.07 bits per heavy atom. The van der Waals surface area contributed by atoms with Gasteiger partial charge in [-0.25, -0.2) is 0 Å². The standard InChI is InChI=1S/C13H29NO/c1-5-6-7-8-9-12(4)15-13(10-14)11(2)3/h11-13H,5-10,14H2,1-4H3. The first-order valence-corrected chi connectivity index (χ1v) is 6.47. The maximum Gasteiger partial charge on any atom is 0.0723 e. The van der Waals surface area contributed by atoms with Crippen molar-refractivity contribution in [1.82, 2.24) is 0 Å². The number of rotatable bonds is 9. The third-order valence-corrected chi connectivity index (χ3v) is 2.85. The molecular weight excluding hydrogens is 186 g/mol. The third kappa shape index (κ3) is 7.80. The molecule has 0 aliphatic carbocycles. The van der Waals surface area contributed by atoms with Gasteiger partial charge in [0.1, 0.15) is 0 Å². The van der Waals surface area contributed by atoms with Crippen LogP contribution in [0.15, 0.2) is 0 Å². The molecule has 2 unspecified atom stereocenters. The second-order valence-corrected chi connectivity index (χ2v) is 4.81. The lowest BCUT2D eigenvalue weighted by atomic mass is 10.1. The van der Waals surface area contributed by atoms with Crippen molar-refractivity contribution in [3.63, 3.8) is 0 Å². The average molecular weight is 215 g/mol. The highest BCUT2D eigenvalue weighted by Crippen LogP contribution is 2.13. The molecule has 0 saturated heterocycles. The Morgan fingerprint density at radius 3 is 2.20 bits per heavy atom. The van der Waals surface area contributed by atoms with E-state index >= 15 is 0 Å². The fraction of sp³-hybridized carbons (Fsp3) is 1.00. The van der Waals surface area contributed by atoms with Crippen molar-refractivity contribution in [2.24, 2.45) is 11.7 Å². The lowest BCUT2D eigenvalue weighted by molar-refractivity contribution is -0.0257. The van der Waals surface area contributed by atoms with Gasteiger partial charge in [-0.3, -0.25) is 0 Å². The molecule has 0 rings (SSSR count). The zero-order valence-corrected chi connectivity index (χ0v) is 11.0. The Morgan fingerprint density at radius 2 is 1.73 bits per heavy atom. The monoisotopic (exact) mass is 215 g/mol. The summed E-state index contributed by atoms with van der Waals surface area (Å²) in [6, 6.07) is 0. The molecule has 0 fully saturated rings. The van der Waals surface area contributed by atoms with E-state index in [0.717, 1.165) is 0 Å². The summed E-state index contributed by atoms with van der Waals surface area (Å²) >= 11 is 0. The largest absolute Gasteiger partial charge is 0.374 e. The van der Waals surface area contributed by atoms with Crippen LogP contribution in [-0.2, 0) is 4.74 Å². The lowest BCUT2D eigenvalue weighted by Crippen LogP contribution is -2.32. The van der Waals surface area contributed by atoms with Gasteiger partial charge in [-0.2, -0.15) is 0 Å². The summed E-state index contributed by atoms with van der Waals surface area (Å²) in [7, 11) is 0. The minimum absolute atomic E-state index is 0.228. The second-order valence-electron chi connectivity index (χ2n) is 4.81. The molecule has 2 atom stereocenters. The zero-order valence-electron chi connectivity index (χ0n) is 11.0. The molecule has 0 amide bonds. The summed E-state index contributed by atoms with van der Waals surface area (Å²) < 4.78 is 5.92. The maximum atomic E-state index is 5.92. The first-order valence-electron chi connectivity index (χ1n) is 6.47. The molecule has 15 heavy (non-hydrogen) atoms. The molecule has 0 aromatic heterocycles. The van der Waals surface area contributed by atoms with E-state index < -0.39 is 0 Å². The Kier molecular flexibility index (Phi) is 9.12. The molecule has 0 spiro atoms. The second kappa shape index (κ2) is 9.17. The summed E-state index contributed by atoms with van der Waals surface area (Å²) in [5.74, 6) is 0.521. The fourth-order valence-corrected chi connectivity index (χ4v) is 1.71. The van der Waals surface area contributed by atoms with E-state index in [9.17, 15) is 0 Å². The lowest BCUT2D eigenvalue weighted by Gasteiger charge is -2.24. The fourth-order valence-electron chi connectivity index (χ4n) is 1.71. The van der Waals surface area contributed by atoms with Gasteiger partial charge in [0.25, 0.3) is 0 Å². The Balaban J connectivity index is 3.57. The van der Waals surface area contributed by atoms with Crippen LogP contribution in [0, 0.1) is 5.92 Å². The van der Waals surface area contributed by atoms with Gasteiger partial charge in [0.05, 0.1) is 12.2 Å². The predicted octanol–water partition coefficient (Wildman–Crippen LogP) is 3.35. The van der Waals surface area contributed by atoms with Crippen LogP contribution < -0.4 is 5.73 Å². The van der Waals surface area contributed by atoms with Gasteiger partial charge in [0.15, 0.2) is 0 Å². The van der Waals surface area contributed by atoms with Crippen molar-refractivity contribution >= 4 is 0 Å². The minimum Gasteiger partial charge on any atom is -0.374 e. The van der Waals surface area contributed by atoms with Crippen LogP contribution in [0.1, 0.15) is 59.8 Å². The van der Waals surface area contributed by atoms with E-state index in [2.05, 4.69) is 27.7 Å². The van der Waals surface area contributed by atoms with Crippen LogP contribution in [0.3, 0.4) is 0 Å². The number of hydrogen-bond acceptors (Lipinski definition) is 2. The molecule has 2 nitrogen and oxygen atoms in total. The molecular formula is C13H29NO. The van der Waals surface area contributed by atoms with Crippen LogP contribution in [0.2, 0.25) is 0 Å². The highest BCUT2D eigenvalue weighted by atomic mass is 16.5. The summed E-state index contributed by atoms with van der Waals surface area (Å²) in [6.45, 7) is 9.37. The number of nitrogens with two attached hydrogens (primary N) is 1. The Labute approximate surface area is 95.6 Å². The van der Waals surface area contributed by atoms with E-state index in [4.69, 9.17) is 10.5 Å². The summed E-state index contributed by atoms with van der Waals surface area (Å²) in [5, 5.41) is 0. The van der Waals surface area contributed by atoms with Crippen molar-refractivity contribution in [3.8, 4) is 0 Å². The average Bonchev–Trinajstić information content (AvgIpc) is 2.20. The minimum atomic E-state index is 0.228. The zero-order chi connectivity index (χ0) is 11.7. The first kappa shape index (κ1) is 14.9. The maximum absolute atomic E-state index is 5.92. The van der Waals surface area contributed by atoms with Gasteiger partial charge < -0.3 is 10.5 Å². The first-order chi connectivity index (χ1) is 7.11. The predicted molar refractivity (Wildman–Crippen MR) is 67.0 cm³/mol. The van der Waals surface area contributed by atoms with Crippen LogP contribution >= 0.6 is 0 Å². The van der Waals surface area contributed by atoms with Crippen LogP contribution in [0.5, 0.6) is 0 Å². The van der Waals surface area contributed by atoms with Crippen LogP contribution in [0.25, 0.3) is 0 Å². The molecule has 2 N–H and O–H groups in total. The Bertz CT molecular complexity index is 136. The molecule has 0 aliphatic heterocycles. The van der Waals surface area contributed by atoms with E-state index in [0.29, 0.717) is 18.6 Å². The van der Waals surface area contributed by atoms with E-state index in [1.807, 2.05) is 0 Å². The van der Waals surface area contributed by atoms with Crippen molar-refractivity contribution in [3.05, 3.63) is 0 Å². The topological polar surface area (TPSA) is 35.2 Å². The highest BCUT2D eigenvalue weighted by Gasteiger charge is 2.14. The van der Waals surface area contributed by atoms with Crippen LogP contribution in [0.4, 0.5) is 0 Å². The number of hydrogen-bond donors (Lipinski definition) is 1. The highest BCUT2D eigenvalue weighted by molar-refractivity contribution is 4.65. The third-order valence-electron chi connectivity index (χ3n) is 2.85. The van der Waals surface area contributed by atoms with Crippen molar-refractivity contribution in [2.75, 3.05) is 6.54 Å². The molecule has 92 valence electrons. The van der Waals surface area contributed by atoms with Gasteiger partial charge in [-0.05, 0) is 19.3 Å². The molecule has 0 aromatic rings. The molecule has 0 heterocycles. The van der Waals surface area contributed by atoms with Crippen LogP contribution in [-0.4, -0.2) is 18.8 Å². The summed E-state index contributed by atoms with van der Waals surface area (Å²) in [4.78, 5) is 0. The van der Waals surface area contributed by atoms with Gasteiger partial charge in [-0.15, -0.1) is 0 Å². The van der Waals surface area contributed by atoms with Gasteiger partial charge >= 0.3 is 0 Å².